The molecule has 1 amide bonds. The van der Waals surface area contributed by atoms with Gasteiger partial charge in [-0.25, -0.2) is 5.43 Å². The summed E-state index contributed by atoms with van der Waals surface area (Å²) in [5.41, 5.74) is 4.02. The second-order valence-corrected chi connectivity index (χ2v) is 6.25. The van der Waals surface area contributed by atoms with Gasteiger partial charge in [0.2, 0.25) is 0 Å². The Labute approximate surface area is 162 Å². The van der Waals surface area contributed by atoms with E-state index in [1.165, 1.54) is 18.3 Å². The Hall–Kier alpha value is -3.40. The van der Waals surface area contributed by atoms with Gasteiger partial charge in [-0.2, -0.15) is 10.2 Å². The third-order valence-electron chi connectivity index (χ3n) is 3.47. The van der Waals surface area contributed by atoms with Crippen LogP contribution in [0.5, 0.6) is 0 Å². The smallest absolute Gasteiger partial charge is 0.266 e. The van der Waals surface area contributed by atoms with Gasteiger partial charge in [-0.05, 0) is 33.6 Å². The number of nitrogens with zero attached hydrogens (tertiary/aromatic N) is 5. The second-order valence-electron chi connectivity index (χ2n) is 5.40. The molecule has 3 rings (SSSR count). The molecule has 10 heteroatoms. The summed E-state index contributed by atoms with van der Waals surface area (Å²) < 4.78 is 2.07. The SMILES string of the molecule is O=C(NN=Cc1ccccn1)c1nn(Cc2ccc([N+](=O)[O-])cc2)cc1Br. The Kier molecular flexibility index (Phi) is 5.67. The summed E-state index contributed by atoms with van der Waals surface area (Å²) in [7, 11) is 0. The zero-order chi connectivity index (χ0) is 19.2. The van der Waals surface area contributed by atoms with Crippen LogP contribution in [0.3, 0.4) is 0 Å². The number of hydrogen-bond acceptors (Lipinski definition) is 6. The Morgan fingerprint density at radius 2 is 2.07 bits per heavy atom. The molecule has 0 radical (unpaired) electrons. The van der Waals surface area contributed by atoms with E-state index in [0.29, 0.717) is 16.7 Å². The molecule has 0 saturated carbocycles. The third kappa shape index (κ3) is 4.82. The van der Waals surface area contributed by atoms with Crippen molar-refractivity contribution in [2.45, 2.75) is 6.54 Å². The van der Waals surface area contributed by atoms with Gasteiger partial charge >= 0.3 is 0 Å². The van der Waals surface area contributed by atoms with Crippen LogP contribution in [0.25, 0.3) is 0 Å². The van der Waals surface area contributed by atoms with Crippen molar-refractivity contribution in [3.8, 4) is 0 Å². The van der Waals surface area contributed by atoms with E-state index < -0.39 is 10.8 Å². The summed E-state index contributed by atoms with van der Waals surface area (Å²) in [6.07, 6.45) is 4.71. The van der Waals surface area contributed by atoms with E-state index in [4.69, 9.17) is 0 Å². The summed E-state index contributed by atoms with van der Waals surface area (Å²) in [5, 5.41) is 18.8. The van der Waals surface area contributed by atoms with Crippen molar-refractivity contribution in [2.24, 2.45) is 5.10 Å². The molecule has 0 bridgehead atoms. The fraction of sp³-hybridized carbons (Fsp3) is 0.0588. The zero-order valence-corrected chi connectivity index (χ0v) is 15.4. The molecule has 0 aliphatic carbocycles. The lowest BCUT2D eigenvalue weighted by molar-refractivity contribution is -0.384. The van der Waals surface area contributed by atoms with Gasteiger partial charge in [-0.1, -0.05) is 18.2 Å². The topological polar surface area (TPSA) is 115 Å². The molecule has 0 aliphatic rings. The number of hydrogen-bond donors (Lipinski definition) is 1. The van der Waals surface area contributed by atoms with E-state index in [-0.39, 0.29) is 11.4 Å². The Morgan fingerprint density at radius 3 is 2.74 bits per heavy atom. The molecule has 0 saturated heterocycles. The minimum atomic E-state index is -0.475. The number of pyridine rings is 1. The first kappa shape index (κ1) is 18.4. The number of nitro groups is 1. The van der Waals surface area contributed by atoms with Crippen molar-refractivity contribution in [1.29, 1.82) is 0 Å². The fourth-order valence-corrected chi connectivity index (χ4v) is 2.70. The molecule has 2 heterocycles. The number of benzene rings is 1. The third-order valence-corrected chi connectivity index (χ3v) is 4.05. The first-order valence-corrected chi connectivity index (χ1v) is 8.53. The number of nitrogens with one attached hydrogen (secondary N) is 1. The first-order valence-electron chi connectivity index (χ1n) is 7.73. The molecule has 136 valence electrons. The van der Waals surface area contributed by atoms with Crippen molar-refractivity contribution in [2.75, 3.05) is 0 Å². The van der Waals surface area contributed by atoms with Crippen LogP contribution in [-0.4, -0.2) is 31.8 Å². The van der Waals surface area contributed by atoms with E-state index in [1.807, 2.05) is 6.07 Å². The summed E-state index contributed by atoms with van der Waals surface area (Å²) in [6, 6.07) is 11.5. The van der Waals surface area contributed by atoms with Crippen LogP contribution in [0.15, 0.2) is 64.4 Å². The molecule has 0 unspecified atom stereocenters. The van der Waals surface area contributed by atoms with Crippen LogP contribution in [0.4, 0.5) is 5.69 Å². The first-order chi connectivity index (χ1) is 13.0. The molecule has 27 heavy (non-hydrogen) atoms. The Morgan fingerprint density at radius 1 is 1.30 bits per heavy atom. The summed E-state index contributed by atoms with van der Waals surface area (Å²) in [6.45, 7) is 0.362. The average Bonchev–Trinajstić information content (AvgIpc) is 3.03. The standard InChI is InChI=1S/C17H13BrN6O3/c18-15-11-23(10-12-4-6-14(7-5-12)24(26)27)22-16(15)17(25)21-20-9-13-3-1-2-8-19-13/h1-9,11H,10H2,(H,21,25). The highest BCUT2D eigenvalue weighted by atomic mass is 79.9. The van der Waals surface area contributed by atoms with Gasteiger partial charge in [0.1, 0.15) is 0 Å². The number of hydrazone groups is 1. The lowest BCUT2D eigenvalue weighted by atomic mass is 10.2. The number of nitro benzene ring substituents is 1. The van der Waals surface area contributed by atoms with E-state index in [9.17, 15) is 14.9 Å². The number of non-ortho nitro benzene ring substituents is 1. The summed E-state index contributed by atoms with van der Waals surface area (Å²) in [5.74, 6) is -0.475. The largest absolute Gasteiger partial charge is 0.293 e. The van der Waals surface area contributed by atoms with E-state index >= 15 is 0 Å². The lowest BCUT2D eigenvalue weighted by Gasteiger charge is -2.01. The summed E-state index contributed by atoms with van der Waals surface area (Å²) in [4.78, 5) is 26.5. The normalized spacial score (nSPS) is 10.9. The molecule has 0 aliphatic heterocycles. The molecule has 1 N–H and O–H groups in total. The summed E-state index contributed by atoms with van der Waals surface area (Å²) >= 11 is 3.30. The predicted octanol–water partition coefficient (Wildman–Crippen LogP) is 2.76. The monoisotopic (exact) mass is 428 g/mol. The minimum absolute atomic E-state index is 0.0197. The molecule has 2 aromatic heterocycles. The molecule has 1 aromatic carbocycles. The quantitative estimate of drug-likeness (QED) is 0.368. The number of carbonyl (C=O) groups excluding carboxylic acids is 1. The van der Waals surface area contributed by atoms with Gasteiger partial charge in [-0.3, -0.25) is 24.6 Å². The number of carbonyl (C=O) groups is 1. The number of amides is 1. The zero-order valence-electron chi connectivity index (χ0n) is 13.8. The van der Waals surface area contributed by atoms with Crippen molar-refractivity contribution in [3.63, 3.8) is 0 Å². The van der Waals surface area contributed by atoms with Crippen LogP contribution >= 0.6 is 15.9 Å². The maximum absolute atomic E-state index is 12.2. The lowest BCUT2D eigenvalue weighted by Crippen LogP contribution is -2.19. The number of aromatic nitrogens is 3. The van der Waals surface area contributed by atoms with Crippen LogP contribution in [-0.2, 0) is 6.54 Å². The van der Waals surface area contributed by atoms with Crippen molar-refractivity contribution in [1.82, 2.24) is 20.2 Å². The average molecular weight is 429 g/mol. The minimum Gasteiger partial charge on any atom is -0.266 e. The highest BCUT2D eigenvalue weighted by Crippen LogP contribution is 2.17. The van der Waals surface area contributed by atoms with Crippen LogP contribution in [0, 0.1) is 10.1 Å². The number of rotatable bonds is 6. The maximum Gasteiger partial charge on any atom is 0.293 e. The Bertz CT molecular complexity index is 986. The number of halogens is 1. The van der Waals surface area contributed by atoms with Gasteiger partial charge in [-0.15, -0.1) is 0 Å². The second kappa shape index (κ2) is 8.32. The van der Waals surface area contributed by atoms with E-state index in [0.717, 1.165) is 5.56 Å². The van der Waals surface area contributed by atoms with Crippen LogP contribution in [0.2, 0.25) is 0 Å². The van der Waals surface area contributed by atoms with E-state index in [1.54, 1.807) is 41.3 Å². The highest BCUT2D eigenvalue weighted by molar-refractivity contribution is 9.10. The molecular formula is C17H13BrN6O3. The van der Waals surface area contributed by atoms with Gasteiger partial charge in [0.05, 0.1) is 27.8 Å². The maximum atomic E-state index is 12.2. The fourth-order valence-electron chi connectivity index (χ4n) is 2.20. The van der Waals surface area contributed by atoms with Crippen molar-refractivity contribution >= 4 is 33.7 Å². The Balaban J connectivity index is 1.65. The molecule has 0 atom stereocenters. The van der Waals surface area contributed by atoms with Gasteiger partial charge in [0.25, 0.3) is 11.6 Å². The van der Waals surface area contributed by atoms with Gasteiger partial charge in [0, 0.05) is 24.5 Å². The van der Waals surface area contributed by atoms with Gasteiger partial charge < -0.3 is 0 Å². The molecule has 9 nitrogen and oxygen atoms in total. The predicted molar refractivity (Wildman–Crippen MR) is 101 cm³/mol. The highest BCUT2D eigenvalue weighted by Gasteiger charge is 2.15. The van der Waals surface area contributed by atoms with Gasteiger partial charge in [0.15, 0.2) is 5.69 Å². The van der Waals surface area contributed by atoms with Crippen LogP contribution < -0.4 is 5.43 Å². The molecule has 3 aromatic rings. The molecule has 0 fully saturated rings. The molecular weight excluding hydrogens is 416 g/mol. The van der Waals surface area contributed by atoms with Crippen molar-refractivity contribution in [3.05, 3.63) is 86.4 Å². The van der Waals surface area contributed by atoms with E-state index in [2.05, 4.69) is 36.5 Å². The molecule has 0 spiro atoms. The van der Waals surface area contributed by atoms with Crippen molar-refractivity contribution < 1.29 is 9.72 Å². The van der Waals surface area contributed by atoms with Crippen LogP contribution in [0.1, 0.15) is 21.7 Å².